The summed E-state index contributed by atoms with van der Waals surface area (Å²) in [7, 11) is 0. The Morgan fingerprint density at radius 1 is 1.26 bits per heavy atom. The third-order valence-corrected chi connectivity index (χ3v) is 5.75. The van der Waals surface area contributed by atoms with Gasteiger partial charge in [-0.3, -0.25) is 4.79 Å². The Labute approximate surface area is 148 Å². The highest BCUT2D eigenvalue weighted by atomic mass is 79.9. The van der Waals surface area contributed by atoms with Gasteiger partial charge in [0.05, 0.1) is 5.41 Å². The van der Waals surface area contributed by atoms with Crippen LogP contribution in [0.15, 0.2) is 28.7 Å². The first-order valence-corrected chi connectivity index (χ1v) is 9.55. The summed E-state index contributed by atoms with van der Waals surface area (Å²) in [5, 5.41) is 3.68. The molecule has 1 aromatic carbocycles. The summed E-state index contributed by atoms with van der Waals surface area (Å²) in [6.07, 6.45) is 4.94. The minimum Gasteiger partial charge on any atom is -0.342 e. The number of benzene rings is 1. The number of carbonyl (C=O) groups is 1. The molecule has 2 fully saturated rings. The van der Waals surface area contributed by atoms with Crippen molar-refractivity contribution in [2.45, 2.75) is 51.0 Å². The molecule has 126 valence electrons. The third-order valence-electron chi connectivity index (χ3n) is 5.26. The Bertz CT molecular complexity index is 560. The molecule has 0 bridgehead atoms. The summed E-state index contributed by atoms with van der Waals surface area (Å²) in [5.74, 6) is 1.17. The van der Waals surface area contributed by atoms with Gasteiger partial charge in [-0.25, -0.2) is 0 Å². The number of nitrogens with one attached hydrogen (secondary N) is 1. The van der Waals surface area contributed by atoms with Gasteiger partial charge in [0.1, 0.15) is 0 Å². The number of piperidine rings is 1. The molecular formula is C19H27BrN2O. The van der Waals surface area contributed by atoms with Crippen molar-refractivity contribution in [1.29, 1.82) is 0 Å². The first-order chi connectivity index (χ1) is 11.0. The number of nitrogens with zero attached hydrogens (tertiary/aromatic N) is 1. The SMILES string of the molecule is CC(C)(C(=O)N1CCC(NCC2CC2)CC1)c1cccc(Br)c1. The van der Waals surface area contributed by atoms with E-state index in [4.69, 9.17) is 0 Å². The van der Waals surface area contributed by atoms with Gasteiger partial charge in [0.2, 0.25) is 5.91 Å². The second-order valence-electron chi connectivity index (χ2n) is 7.55. The van der Waals surface area contributed by atoms with Crippen molar-refractivity contribution in [2.75, 3.05) is 19.6 Å². The molecule has 3 rings (SSSR count). The fourth-order valence-electron chi connectivity index (χ4n) is 3.34. The van der Waals surface area contributed by atoms with Gasteiger partial charge in [-0.05, 0) is 69.7 Å². The quantitative estimate of drug-likeness (QED) is 0.846. The molecule has 1 aromatic rings. The maximum Gasteiger partial charge on any atom is 0.232 e. The Kier molecular flexibility index (Phi) is 5.12. The molecule has 0 spiro atoms. The zero-order chi connectivity index (χ0) is 16.4. The number of hydrogen-bond acceptors (Lipinski definition) is 2. The first kappa shape index (κ1) is 17.0. The van der Waals surface area contributed by atoms with Gasteiger partial charge in [-0.15, -0.1) is 0 Å². The molecule has 23 heavy (non-hydrogen) atoms. The highest BCUT2D eigenvalue weighted by Crippen LogP contribution is 2.30. The summed E-state index contributed by atoms with van der Waals surface area (Å²) in [6, 6.07) is 8.70. The lowest BCUT2D eigenvalue weighted by molar-refractivity contribution is -0.137. The smallest absolute Gasteiger partial charge is 0.232 e. The van der Waals surface area contributed by atoms with Crippen molar-refractivity contribution in [3.8, 4) is 0 Å². The van der Waals surface area contributed by atoms with E-state index >= 15 is 0 Å². The zero-order valence-corrected chi connectivity index (χ0v) is 15.7. The Morgan fingerprint density at radius 2 is 1.96 bits per heavy atom. The minimum absolute atomic E-state index is 0.247. The molecule has 1 aliphatic heterocycles. The molecule has 1 heterocycles. The molecule has 3 nitrogen and oxygen atoms in total. The van der Waals surface area contributed by atoms with Gasteiger partial charge < -0.3 is 10.2 Å². The lowest BCUT2D eigenvalue weighted by atomic mass is 9.82. The molecule has 0 atom stereocenters. The van der Waals surface area contributed by atoms with Crippen molar-refractivity contribution >= 4 is 21.8 Å². The van der Waals surface area contributed by atoms with E-state index < -0.39 is 5.41 Å². The fraction of sp³-hybridized carbons (Fsp3) is 0.632. The normalized spacial score (nSPS) is 19.9. The summed E-state index contributed by atoms with van der Waals surface area (Å²) in [6.45, 7) is 6.99. The maximum atomic E-state index is 13.0. The van der Waals surface area contributed by atoms with E-state index in [1.807, 2.05) is 32.0 Å². The standard InChI is InChI=1S/C19H27BrN2O/c1-19(2,15-4-3-5-16(20)12-15)18(23)22-10-8-17(9-11-22)21-13-14-6-7-14/h3-5,12,14,17,21H,6-11,13H2,1-2H3. The molecule has 4 heteroatoms. The second-order valence-corrected chi connectivity index (χ2v) is 8.47. The number of likely N-dealkylation sites (tertiary alicyclic amines) is 1. The second kappa shape index (κ2) is 6.94. The largest absolute Gasteiger partial charge is 0.342 e. The Hall–Kier alpha value is -0.870. The van der Waals surface area contributed by atoms with Crippen LogP contribution in [0.5, 0.6) is 0 Å². The van der Waals surface area contributed by atoms with Crippen LogP contribution in [0.1, 0.15) is 45.1 Å². The first-order valence-electron chi connectivity index (χ1n) is 8.75. The number of carbonyl (C=O) groups excluding carboxylic acids is 1. The van der Waals surface area contributed by atoms with Crippen LogP contribution in [0, 0.1) is 5.92 Å². The summed E-state index contributed by atoms with van der Waals surface area (Å²) >= 11 is 3.51. The summed E-state index contributed by atoms with van der Waals surface area (Å²) in [5.41, 5.74) is 0.601. The molecule has 1 aliphatic carbocycles. The number of halogens is 1. The van der Waals surface area contributed by atoms with Gasteiger partial charge in [0, 0.05) is 23.6 Å². The number of rotatable bonds is 5. The number of amides is 1. The minimum atomic E-state index is -0.474. The van der Waals surface area contributed by atoms with Crippen LogP contribution in [0.2, 0.25) is 0 Å². The van der Waals surface area contributed by atoms with Crippen molar-refractivity contribution in [2.24, 2.45) is 5.92 Å². The van der Waals surface area contributed by atoms with E-state index in [9.17, 15) is 4.79 Å². The highest BCUT2D eigenvalue weighted by molar-refractivity contribution is 9.10. The summed E-state index contributed by atoms with van der Waals surface area (Å²) < 4.78 is 1.03. The molecular weight excluding hydrogens is 352 g/mol. The molecule has 1 N–H and O–H groups in total. The van der Waals surface area contributed by atoms with Gasteiger partial charge in [0.25, 0.3) is 0 Å². The van der Waals surface area contributed by atoms with E-state index in [1.54, 1.807) is 0 Å². The maximum absolute atomic E-state index is 13.0. The Morgan fingerprint density at radius 3 is 2.57 bits per heavy atom. The van der Waals surface area contributed by atoms with E-state index in [0.717, 1.165) is 41.9 Å². The van der Waals surface area contributed by atoms with Crippen LogP contribution in [0.3, 0.4) is 0 Å². The fourth-order valence-corrected chi connectivity index (χ4v) is 3.74. The van der Waals surface area contributed by atoms with Crippen LogP contribution in [0.25, 0.3) is 0 Å². The molecule has 0 unspecified atom stereocenters. The average Bonchev–Trinajstić information content (AvgIpc) is 3.37. The van der Waals surface area contributed by atoms with Crippen molar-refractivity contribution in [1.82, 2.24) is 10.2 Å². The average molecular weight is 379 g/mol. The molecule has 1 amide bonds. The van der Waals surface area contributed by atoms with Crippen LogP contribution < -0.4 is 5.32 Å². The van der Waals surface area contributed by atoms with Crippen LogP contribution in [-0.4, -0.2) is 36.5 Å². The number of hydrogen-bond donors (Lipinski definition) is 1. The van der Waals surface area contributed by atoms with Gasteiger partial charge in [-0.2, -0.15) is 0 Å². The predicted molar refractivity (Wildman–Crippen MR) is 97.5 cm³/mol. The van der Waals surface area contributed by atoms with Crippen molar-refractivity contribution in [3.63, 3.8) is 0 Å². The predicted octanol–water partition coefficient (Wildman–Crippen LogP) is 3.72. The van der Waals surface area contributed by atoms with Gasteiger partial charge >= 0.3 is 0 Å². The topological polar surface area (TPSA) is 32.3 Å². The molecule has 1 saturated carbocycles. The third kappa shape index (κ3) is 4.16. The lowest BCUT2D eigenvalue weighted by Gasteiger charge is -2.37. The van der Waals surface area contributed by atoms with Crippen LogP contribution in [-0.2, 0) is 10.2 Å². The Balaban J connectivity index is 1.57. The molecule has 2 aliphatic rings. The van der Waals surface area contributed by atoms with Crippen LogP contribution in [0.4, 0.5) is 0 Å². The summed E-state index contributed by atoms with van der Waals surface area (Å²) in [4.78, 5) is 15.1. The van der Waals surface area contributed by atoms with E-state index in [1.165, 1.54) is 19.4 Å². The van der Waals surface area contributed by atoms with Gasteiger partial charge in [0.15, 0.2) is 0 Å². The van der Waals surface area contributed by atoms with Crippen molar-refractivity contribution in [3.05, 3.63) is 34.3 Å². The lowest BCUT2D eigenvalue weighted by Crippen LogP contribution is -2.50. The molecule has 1 saturated heterocycles. The van der Waals surface area contributed by atoms with Crippen LogP contribution >= 0.6 is 15.9 Å². The molecule has 0 aromatic heterocycles. The zero-order valence-electron chi connectivity index (χ0n) is 14.1. The van der Waals surface area contributed by atoms with Crippen molar-refractivity contribution < 1.29 is 4.79 Å². The van der Waals surface area contributed by atoms with E-state index in [2.05, 4.69) is 32.2 Å². The van der Waals surface area contributed by atoms with Gasteiger partial charge in [-0.1, -0.05) is 28.1 Å². The van der Waals surface area contributed by atoms with E-state index in [0.29, 0.717) is 6.04 Å². The molecule has 0 radical (unpaired) electrons. The monoisotopic (exact) mass is 378 g/mol. The highest BCUT2D eigenvalue weighted by Gasteiger charge is 2.35. The van der Waals surface area contributed by atoms with E-state index in [-0.39, 0.29) is 5.91 Å².